The number of thiophene rings is 1. The number of carboxylic acid groups (broad SMARTS) is 1. The molecule has 0 amide bonds. The number of hydrogen-bond donors (Lipinski definition) is 2. The number of nitrogens with zero attached hydrogens (tertiary/aromatic N) is 1. The van der Waals surface area contributed by atoms with Gasteiger partial charge in [0, 0.05) is 18.9 Å². The van der Waals surface area contributed by atoms with E-state index in [2.05, 4.69) is 14.4 Å². The van der Waals surface area contributed by atoms with Gasteiger partial charge in [0.05, 0.1) is 4.88 Å². The number of benzene rings is 1. The van der Waals surface area contributed by atoms with Crippen molar-refractivity contribution in [2.45, 2.75) is 35.4 Å². The van der Waals surface area contributed by atoms with Gasteiger partial charge in [0.2, 0.25) is 5.76 Å². The molecular weight excluding hydrogens is 450 g/mol. The van der Waals surface area contributed by atoms with Gasteiger partial charge >= 0.3 is 11.9 Å². The summed E-state index contributed by atoms with van der Waals surface area (Å²) < 4.78 is 59.6. The number of aromatic nitrogens is 1. The number of aliphatic carboxylic acids is 1. The summed E-state index contributed by atoms with van der Waals surface area (Å²) in [7, 11) is -4.20. The molecule has 1 aliphatic carbocycles. The van der Waals surface area contributed by atoms with Crippen molar-refractivity contribution in [3.63, 3.8) is 0 Å². The zero-order chi connectivity index (χ0) is 22.6. The molecule has 11 heteroatoms. The zero-order valence-electron chi connectivity index (χ0n) is 16.4. The summed E-state index contributed by atoms with van der Waals surface area (Å²) in [6.45, 7) is 2.34. The van der Waals surface area contributed by atoms with Crippen molar-refractivity contribution in [3.05, 3.63) is 59.9 Å². The van der Waals surface area contributed by atoms with Crippen LogP contribution in [0.2, 0.25) is 0 Å². The second-order valence-electron chi connectivity index (χ2n) is 7.54. The summed E-state index contributed by atoms with van der Waals surface area (Å²) in [4.78, 5) is 12.4. The largest absolute Gasteiger partial charge is 0.480 e. The molecule has 164 valence electrons. The Morgan fingerprint density at radius 2 is 1.94 bits per heavy atom. The van der Waals surface area contributed by atoms with E-state index in [1.165, 1.54) is 12.1 Å². The maximum Gasteiger partial charge on any atom is 0.325 e. The lowest BCUT2D eigenvalue weighted by Crippen LogP contribution is -2.45. The van der Waals surface area contributed by atoms with Gasteiger partial charge in [-0.05, 0) is 23.6 Å². The van der Waals surface area contributed by atoms with Crippen LogP contribution >= 0.6 is 11.3 Å². The molecule has 7 nitrogen and oxygen atoms in total. The standard InChI is InChI=1S/C20H18F2N2O5S2/c1-11-17(12-6-4-3-5-7-12)20(11,18(25)26)24-31(27,28)16-9-8-14(30-16)13-10-15(29-23-13)19(2,21)22/h3-11,17,24H,1-2H3,(H,25,26)/t11-,17-,20+/m1/s1. The van der Waals surface area contributed by atoms with Crippen LogP contribution in [0.5, 0.6) is 0 Å². The topological polar surface area (TPSA) is 110 Å². The summed E-state index contributed by atoms with van der Waals surface area (Å²) in [6.07, 6.45) is 0. The lowest BCUT2D eigenvalue weighted by Gasteiger charge is -2.15. The van der Waals surface area contributed by atoms with Crippen LogP contribution in [0, 0.1) is 5.92 Å². The first-order valence-corrected chi connectivity index (χ1v) is 11.5. The minimum absolute atomic E-state index is 0.0675. The van der Waals surface area contributed by atoms with Crippen LogP contribution in [0.1, 0.15) is 31.1 Å². The molecule has 0 aliphatic heterocycles. The van der Waals surface area contributed by atoms with Gasteiger partial charge < -0.3 is 9.63 Å². The number of carbonyl (C=O) groups is 1. The number of rotatable bonds is 7. The molecule has 0 spiro atoms. The first-order chi connectivity index (χ1) is 14.5. The van der Waals surface area contributed by atoms with E-state index in [0.717, 1.165) is 23.0 Å². The van der Waals surface area contributed by atoms with Crippen LogP contribution in [-0.4, -0.2) is 30.2 Å². The highest BCUT2D eigenvalue weighted by molar-refractivity contribution is 7.91. The average molecular weight is 469 g/mol. The fraction of sp³-hybridized carbons (Fsp3) is 0.300. The van der Waals surface area contributed by atoms with Crippen LogP contribution in [0.25, 0.3) is 10.6 Å². The third-order valence-corrected chi connectivity index (χ3v) is 8.54. The molecule has 1 fully saturated rings. The van der Waals surface area contributed by atoms with E-state index in [1.807, 2.05) is 0 Å². The fourth-order valence-electron chi connectivity index (χ4n) is 3.77. The number of carboxylic acids is 1. The maximum atomic E-state index is 13.4. The lowest BCUT2D eigenvalue weighted by atomic mass is 10.1. The van der Waals surface area contributed by atoms with Crippen molar-refractivity contribution in [1.29, 1.82) is 0 Å². The van der Waals surface area contributed by atoms with Crippen molar-refractivity contribution >= 4 is 27.3 Å². The minimum Gasteiger partial charge on any atom is -0.480 e. The normalized spacial score (nSPS) is 23.6. The van der Waals surface area contributed by atoms with Gasteiger partial charge in [0.15, 0.2) is 0 Å². The van der Waals surface area contributed by atoms with Gasteiger partial charge in [0.25, 0.3) is 10.0 Å². The van der Waals surface area contributed by atoms with Crippen LogP contribution < -0.4 is 4.72 Å². The van der Waals surface area contributed by atoms with Crippen molar-refractivity contribution in [2.24, 2.45) is 5.92 Å². The van der Waals surface area contributed by atoms with Gasteiger partial charge in [0.1, 0.15) is 15.4 Å². The minimum atomic E-state index is -4.20. The summed E-state index contributed by atoms with van der Waals surface area (Å²) >= 11 is 0.785. The number of hydrogen-bond acceptors (Lipinski definition) is 6. The second kappa shape index (κ2) is 7.21. The maximum absolute atomic E-state index is 13.4. The van der Waals surface area contributed by atoms with E-state index in [4.69, 9.17) is 0 Å². The molecule has 3 aromatic rings. The fourth-order valence-corrected chi connectivity index (χ4v) is 6.49. The van der Waals surface area contributed by atoms with E-state index < -0.39 is 45.1 Å². The molecule has 0 unspecified atom stereocenters. The molecule has 2 heterocycles. The molecule has 0 saturated heterocycles. The first kappa shape index (κ1) is 21.6. The van der Waals surface area contributed by atoms with Gasteiger partial charge in [-0.15, -0.1) is 11.3 Å². The summed E-state index contributed by atoms with van der Waals surface area (Å²) in [6, 6.07) is 12.6. The third kappa shape index (κ3) is 3.66. The smallest absolute Gasteiger partial charge is 0.325 e. The van der Waals surface area contributed by atoms with E-state index in [-0.39, 0.29) is 9.90 Å². The quantitative estimate of drug-likeness (QED) is 0.541. The van der Waals surface area contributed by atoms with Crippen molar-refractivity contribution in [1.82, 2.24) is 9.88 Å². The van der Waals surface area contributed by atoms with E-state index in [1.54, 1.807) is 37.3 Å². The Balaban J connectivity index is 1.62. The van der Waals surface area contributed by atoms with Crippen molar-refractivity contribution in [3.8, 4) is 10.6 Å². The molecule has 31 heavy (non-hydrogen) atoms. The van der Waals surface area contributed by atoms with Crippen molar-refractivity contribution < 1.29 is 31.6 Å². The van der Waals surface area contributed by atoms with E-state index >= 15 is 0 Å². The van der Waals surface area contributed by atoms with Gasteiger partial charge in [-0.2, -0.15) is 13.5 Å². The van der Waals surface area contributed by atoms with Crippen LogP contribution in [0.15, 0.2) is 57.3 Å². The lowest BCUT2D eigenvalue weighted by molar-refractivity contribution is -0.140. The molecule has 1 aromatic carbocycles. The number of halogens is 2. The molecular formula is C20H18F2N2O5S2. The number of alkyl halides is 2. The van der Waals surface area contributed by atoms with Gasteiger partial charge in [-0.3, -0.25) is 4.79 Å². The highest BCUT2D eigenvalue weighted by Crippen LogP contribution is 2.58. The van der Waals surface area contributed by atoms with Gasteiger partial charge in [-0.1, -0.05) is 42.4 Å². The third-order valence-electron chi connectivity index (χ3n) is 5.46. The van der Waals surface area contributed by atoms with E-state index in [0.29, 0.717) is 11.8 Å². The van der Waals surface area contributed by atoms with Crippen LogP contribution in [-0.2, 0) is 20.7 Å². The molecule has 1 saturated carbocycles. The SMILES string of the molecule is C[C@@H]1[C@H](c2ccccc2)[C@]1(NS(=O)(=O)c1ccc(-c2cc(C(C)(F)F)on2)s1)C(=O)O. The van der Waals surface area contributed by atoms with Crippen molar-refractivity contribution in [2.75, 3.05) is 0 Å². The highest BCUT2D eigenvalue weighted by atomic mass is 32.2. The monoisotopic (exact) mass is 468 g/mol. The molecule has 2 N–H and O–H groups in total. The van der Waals surface area contributed by atoms with Crippen LogP contribution in [0.3, 0.4) is 0 Å². The Morgan fingerprint density at radius 3 is 2.52 bits per heavy atom. The predicted molar refractivity (Wildman–Crippen MR) is 108 cm³/mol. The Kier molecular flexibility index (Phi) is 5.02. The second-order valence-corrected chi connectivity index (χ2v) is 10.5. The molecule has 3 atom stereocenters. The summed E-state index contributed by atoms with van der Waals surface area (Å²) in [5, 5.41) is 13.4. The summed E-state index contributed by atoms with van der Waals surface area (Å²) in [5.41, 5.74) is -0.879. The Labute approximate surface area is 180 Å². The average Bonchev–Trinajstić information content (AvgIpc) is 3.13. The van der Waals surface area contributed by atoms with E-state index in [9.17, 15) is 27.1 Å². The Morgan fingerprint density at radius 1 is 1.26 bits per heavy atom. The summed E-state index contributed by atoms with van der Waals surface area (Å²) in [5.74, 6) is -6.11. The zero-order valence-corrected chi connectivity index (χ0v) is 18.0. The van der Waals surface area contributed by atoms with Crippen LogP contribution in [0.4, 0.5) is 8.78 Å². The molecule has 0 bridgehead atoms. The predicted octanol–water partition coefficient (Wildman–Crippen LogP) is 4.05. The molecule has 4 rings (SSSR count). The number of nitrogens with one attached hydrogen (secondary N) is 1. The first-order valence-electron chi connectivity index (χ1n) is 9.24. The number of sulfonamides is 1. The molecule has 2 aromatic heterocycles. The Hall–Kier alpha value is -2.63. The van der Waals surface area contributed by atoms with Gasteiger partial charge in [-0.25, -0.2) is 8.42 Å². The highest BCUT2D eigenvalue weighted by Gasteiger charge is 2.70. The molecule has 1 aliphatic rings. The molecule has 0 radical (unpaired) electrons. The Bertz CT molecular complexity index is 1230.